The predicted octanol–water partition coefficient (Wildman–Crippen LogP) is 7.20. The summed E-state index contributed by atoms with van der Waals surface area (Å²) in [5, 5.41) is 1.61. The van der Waals surface area contributed by atoms with E-state index >= 15 is 0 Å². The first-order valence-electron chi connectivity index (χ1n) is 11.6. The average molecular weight is 475 g/mol. The Balaban J connectivity index is 1.64. The summed E-state index contributed by atoms with van der Waals surface area (Å²) < 4.78 is 1.83. The number of nitrogens with zero attached hydrogens (tertiary/aromatic N) is 2. The summed E-state index contributed by atoms with van der Waals surface area (Å²) >= 11 is 3.38. The van der Waals surface area contributed by atoms with Crippen molar-refractivity contribution < 1.29 is 0 Å². The Bertz CT molecular complexity index is 1350. The lowest BCUT2D eigenvalue weighted by Crippen LogP contribution is -2.27. The van der Waals surface area contributed by atoms with Crippen LogP contribution in [0, 0.1) is 18.3 Å². The maximum atomic E-state index is 14.0. The summed E-state index contributed by atoms with van der Waals surface area (Å²) in [5.41, 5.74) is 4.89. The third-order valence-corrected chi connectivity index (χ3v) is 8.94. The molecule has 0 spiro atoms. The van der Waals surface area contributed by atoms with Gasteiger partial charge in [-0.1, -0.05) is 80.6 Å². The highest BCUT2D eigenvalue weighted by atomic mass is 32.2. The molecule has 5 heteroatoms. The molecule has 2 aromatic heterocycles. The summed E-state index contributed by atoms with van der Waals surface area (Å²) in [7, 11) is 0. The van der Waals surface area contributed by atoms with E-state index in [0.29, 0.717) is 5.92 Å². The molecule has 33 heavy (non-hydrogen) atoms. The number of aromatic nitrogens is 2. The van der Waals surface area contributed by atoms with Crippen molar-refractivity contribution >= 4 is 33.3 Å². The van der Waals surface area contributed by atoms with Gasteiger partial charge in [-0.3, -0.25) is 9.36 Å². The molecule has 0 aliphatic heterocycles. The van der Waals surface area contributed by atoms with Gasteiger partial charge in [-0.25, -0.2) is 4.98 Å². The summed E-state index contributed by atoms with van der Waals surface area (Å²) in [6.45, 7) is 9.06. The largest absolute Gasteiger partial charge is 0.268 e. The summed E-state index contributed by atoms with van der Waals surface area (Å²) in [5.74, 6) is 1.42. The Morgan fingerprint density at radius 3 is 2.52 bits per heavy atom. The van der Waals surface area contributed by atoms with Crippen LogP contribution in [0.25, 0.3) is 15.9 Å². The van der Waals surface area contributed by atoms with Crippen molar-refractivity contribution in [3.63, 3.8) is 0 Å². The molecule has 0 bridgehead atoms. The highest BCUT2D eigenvalue weighted by Crippen LogP contribution is 2.42. The lowest BCUT2D eigenvalue weighted by Gasteiger charge is -2.33. The van der Waals surface area contributed by atoms with Crippen LogP contribution < -0.4 is 5.56 Å². The van der Waals surface area contributed by atoms with Crippen LogP contribution in [0.5, 0.6) is 0 Å². The van der Waals surface area contributed by atoms with E-state index in [9.17, 15) is 4.79 Å². The zero-order valence-corrected chi connectivity index (χ0v) is 21.4. The van der Waals surface area contributed by atoms with Gasteiger partial charge in [0, 0.05) is 10.6 Å². The van der Waals surface area contributed by atoms with Gasteiger partial charge in [-0.05, 0) is 60.8 Å². The molecule has 1 aliphatic carbocycles. The van der Waals surface area contributed by atoms with Crippen LogP contribution in [0.15, 0.2) is 64.5 Å². The van der Waals surface area contributed by atoms with Crippen molar-refractivity contribution in [3.05, 3.63) is 86.5 Å². The van der Waals surface area contributed by atoms with E-state index < -0.39 is 0 Å². The van der Waals surface area contributed by atoms with Crippen LogP contribution in [-0.2, 0) is 18.6 Å². The molecule has 1 aliphatic rings. The van der Waals surface area contributed by atoms with E-state index in [-0.39, 0.29) is 11.0 Å². The fourth-order valence-electron chi connectivity index (χ4n) is 4.69. The topological polar surface area (TPSA) is 34.9 Å². The molecule has 0 fully saturated rings. The second kappa shape index (κ2) is 8.77. The van der Waals surface area contributed by atoms with E-state index in [1.54, 1.807) is 23.1 Å². The Kier molecular flexibility index (Phi) is 5.96. The van der Waals surface area contributed by atoms with Gasteiger partial charge >= 0.3 is 0 Å². The standard InChI is InChI=1S/C28H30N2OS2/c1-18-10-13-21(14-11-18)30-26(31)24-22-15-12-20(28(2,3)4)16-23(22)33-25(24)29-27(30)32-17-19-8-6-5-7-9-19/h5-11,13-14,20H,12,15-17H2,1-4H3. The fraction of sp³-hybridized carbons (Fsp3) is 0.357. The highest BCUT2D eigenvalue weighted by Gasteiger charge is 2.32. The number of hydrogen-bond donors (Lipinski definition) is 0. The molecule has 0 radical (unpaired) electrons. The van der Waals surface area contributed by atoms with Gasteiger partial charge < -0.3 is 0 Å². The molecule has 4 aromatic rings. The quantitative estimate of drug-likeness (QED) is 0.232. The zero-order valence-electron chi connectivity index (χ0n) is 19.7. The number of fused-ring (bicyclic) bond motifs is 3. The predicted molar refractivity (Wildman–Crippen MR) is 141 cm³/mol. The van der Waals surface area contributed by atoms with E-state index in [1.807, 2.05) is 22.8 Å². The summed E-state index contributed by atoms with van der Waals surface area (Å²) in [4.78, 5) is 21.3. The Morgan fingerprint density at radius 2 is 1.82 bits per heavy atom. The fourth-order valence-corrected chi connectivity index (χ4v) is 7.00. The molecule has 3 nitrogen and oxygen atoms in total. The van der Waals surface area contributed by atoms with Crippen LogP contribution in [0.2, 0.25) is 0 Å². The highest BCUT2D eigenvalue weighted by molar-refractivity contribution is 7.98. The first-order valence-corrected chi connectivity index (χ1v) is 13.4. The lowest BCUT2D eigenvalue weighted by atomic mass is 9.72. The Hall–Kier alpha value is -2.37. The van der Waals surface area contributed by atoms with Gasteiger partial charge in [0.15, 0.2) is 5.16 Å². The van der Waals surface area contributed by atoms with Crippen molar-refractivity contribution in [2.45, 2.75) is 57.9 Å². The number of rotatable bonds is 4. The number of hydrogen-bond acceptors (Lipinski definition) is 4. The Morgan fingerprint density at radius 1 is 1.09 bits per heavy atom. The molecular weight excluding hydrogens is 444 g/mol. The normalized spacial score (nSPS) is 16.2. The molecule has 1 unspecified atom stereocenters. The first-order chi connectivity index (χ1) is 15.8. The van der Waals surface area contributed by atoms with Crippen LogP contribution in [-0.4, -0.2) is 9.55 Å². The average Bonchev–Trinajstić information content (AvgIpc) is 3.16. The molecule has 1 atom stereocenters. The van der Waals surface area contributed by atoms with E-state index in [0.717, 1.165) is 46.1 Å². The van der Waals surface area contributed by atoms with Gasteiger partial charge in [-0.15, -0.1) is 11.3 Å². The van der Waals surface area contributed by atoms with Crippen LogP contribution in [0.4, 0.5) is 0 Å². The molecule has 0 saturated carbocycles. The molecular formula is C28H30N2OS2. The Labute approximate surface area is 203 Å². The molecule has 5 rings (SSSR count). The molecule has 0 amide bonds. The SMILES string of the molecule is Cc1ccc(-n2c(SCc3ccccc3)nc3sc4c(c3c2=O)CCC(C(C)(C)C)C4)cc1. The molecule has 170 valence electrons. The molecule has 2 heterocycles. The minimum atomic E-state index is 0.0751. The van der Waals surface area contributed by atoms with Gasteiger partial charge in [0.05, 0.1) is 11.1 Å². The summed E-state index contributed by atoms with van der Waals surface area (Å²) in [6.07, 6.45) is 3.16. The number of aryl methyl sites for hydroxylation is 2. The molecule has 0 saturated heterocycles. The van der Waals surface area contributed by atoms with Crippen molar-refractivity contribution in [2.75, 3.05) is 0 Å². The maximum Gasteiger partial charge on any atom is 0.267 e. The van der Waals surface area contributed by atoms with Crippen molar-refractivity contribution in [2.24, 2.45) is 11.3 Å². The first kappa shape index (κ1) is 22.4. The monoisotopic (exact) mass is 474 g/mol. The van der Waals surface area contributed by atoms with Crippen molar-refractivity contribution in [1.29, 1.82) is 0 Å². The number of thiophene rings is 1. The van der Waals surface area contributed by atoms with Crippen LogP contribution >= 0.6 is 23.1 Å². The second-order valence-corrected chi connectivity index (χ2v) is 12.2. The maximum absolute atomic E-state index is 14.0. The van der Waals surface area contributed by atoms with E-state index in [1.165, 1.54) is 21.6 Å². The third kappa shape index (κ3) is 4.41. The second-order valence-electron chi connectivity index (χ2n) is 10.1. The number of benzene rings is 2. The molecule has 2 aromatic carbocycles. The number of thioether (sulfide) groups is 1. The van der Waals surface area contributed by atoms with Gasteiger partial charge in [-0.2, -0.15) is 0 Å². The van der Waals surface area contributed by atoms with Crippen LogP contribution in [0.3, 0.4) is 0 Å². The van der Waals surface area contributed by atoms with Crippen molar-refractivity contribution in [3.8, 4) is 5.69 Å². The van der Waals surface area contributed by atoms with E-state index in [2.05, 4.69) is 64.1 Å². The molecule has 0 N–H and O–H groups in total. The smallest absolute Gasteiger partial charge is 0.267 e. The van der Waals surface area contributed by atoms with E-state index in [4.69, 9.17) is 4.98 Å². The van der Waals surface area contributed by atoms with Gasteiger partial charge in [0.1, 0.15) is 4.83 Å². The van der Waals surface area contributed by atoms with Gasteiger partial charge in [0.25, 0.3) is 5.56 Å². The minimum Gasteiger partial charge on any atom is -0.268 e. The van der Waals surface area contributed by atoms with Gasteiger partial charge in [0.2, 0.25) is 0 Å². The van der Waals surface area contributed by atoms with Crippen LogP contribution in [0.1, 0.15) is 48.8 Å². The van der Waals surface area contributed by atoms with Crippen molar-refractivity contribution in [1.82, 2.24) is 9.55 Å². The summed E-state index contributed by atoms with van der Waals surface area (Å²) in [6, 6.07) is 18.6. The lowest BCUT2D eigenvalue weighted by molar-refractivity contribution is 0.218. The zero-order chi connectivity index (χ0) is 23.2. The third-order valence-electron chi connectivity index (χ3n) is 6.78. The minimum absolute atomic E-state index is 0.0751.